The van der Waals surface area contributed by atoms with E-state index in [4.69, 9.17) is 9.47 Å². The third-order valence-electron chi connectivity index (χ3n) is 4.10. The Labute approximate surface area is 125 Å². The summed E-state index contributed by atoms with van der Waals surface area (Å²) in [6.45, 7) is 0.812. The summed E-state index contributed by atoms with van der Waals surface area (Å²) in [6, 6.07) is 15.1. The Balaban J connectivity index is 1.71. The molecule has 2 aromatic carbocycles. The van der Waals surface area contributed by atoms with Crippen molar-refractivity contribution in [2.24, 2.45) is 0 Å². The van der Waals surface area contributed by atoms with Crippen molar-refractivity contribution in [2.75, 3.05) is 14.2 Å². The SMILES string of the molecule is COc1cc(CNC2CCc3ccccc32)cc(OC)c1. The second-order valence-corrected chi connectivity index (χ2v) is 5.39. The molecule has 0 spiro atoms. The fourth-order valence-corrected chi connectivity index (χ4v) is 2.98. The van der Waals surface area contributed by atoms with E-state index in [1.54, 1.807) is 14.2 Å². The highest BCUT2D eigenvalue weighted by molar-refractivity contribution is 5.39. The summed E-state index contributed by atoms with van der Waals surface area (Å²) in [4.78, 5) is 0. The summed E-state index contributed by atoms with van der Waals surface area (Å²) in [5.74, 6) is 1.66. The van der Waals surface area contributed by atoms with Crippen molar-refractivity contribution in [1.29, 1.82) is 0 Å². The van der Waals surface area contributed by atoms with Crippen LogP contribution in [0.15, 0.2) is 42.5 Å². The maximum atomic E-state index is 5.32. The van der Waals surface area contributed by atoms with Gasteiger partial charge in [-0.2, -0.15) is 0 Å². The number of methoxy groups -OCH3 is 2. The zero-order chi connectivity index (χ0) is 14.7. The van der Waals surface area contributed by atoms with E-state index < -0.39 is 0 Å². The largest absolute Gasteiger partial charge is 0.497 e. The van der Waals surface area contributed by atoms with Crippen LogP contribution in [-0.4, -0.2) is 14.2 Å². The number of nitrogens with one attached hydrogen (secondary N) is 1. The first-order chi connectivity index (χ1) is 10.3. The maximum Gasteiger partial charge on any atom is 0.122 e. The van der Waals surface area contributed by atoms with Gasteiger partial charge in [0.05, 0.1) is 14.2 Å². The predicted octanol–water partition coefficient (Wildman–Crippen LogP) is 3.48. The first-order valence-electron chi connectivity index (χ1n) is 7.33. The highest BCUT2D eigenvalue weighted by Crippen LogP contribution is 2.31. The summed E-state index contributed by atoms with van der Waals surface area (Å²) >= 11 is 0. The lowest BCUT2D eigenvalue weighted by Crippen LogP contribution is -2.18. The minimum absolute atomic E-state index is 0.443. The normalized spacial score (nSPS) is 16.6. The fourth-order valence-electron chi connectivity index (χ4n) is 2.98. The molecule has 3 heteroatoms. The van der Waals surface area contributed by atoms with Gasteiger partial charge in [0.25, 0.3) is 0 Å². The van der Waals surface area contributed by atoms with Crippen molar-refractivity contribution in [3.63, 3.8) is 0 Å². The molecule has 110 valence electrons. The van der Waals surface area contributed by atoms with Crippen LogP contribution in [-0.2, 0) is 13.0 Å². The summed E-state index contributed by atoms with van der Waals surface area (Å²) < 4.78 is 10.6. The van der Waals surface area contributed by atoms with Gasteiger partial charge in [0.2, 0.25) is 0 Å². The molecule has 0 aliphatic heterocycles. The molecule has 0 saturated heterocycles. The van der Waals surface area contributed by atoms with Crippen LogP contribution >= 0.6 is 0 Å². The minimum atomic E-state index is 0.443. The van der Waals surface area contributed by atoms with E-state index in [1.165, 1.54) is 23.1 Å². The second kappa shape index (κ2) is 6.19. The van der Waals surface area contributed by atoms with E-state index >= 15 is 0 Å². The van der Waals surface area contributed by atoms with E-state index in [1.807, 2.05) is 6.07 Å². The van der Waals surface area contributed by atoms with E-state index in [0.29, 0.717) is 6.04 Å². The third-order valence-corrected chi connectivity index (χ3v) is 4.10. The number of rotatable bonds is 5. The molecule has 0 saturated carbocycles. The summed E-state index contributed by atoms with van der Waals surface area (Å²) in [5.41, 5.74) is 4.08. The van der Waals surface area contributed by atoms with Gasteiger partial charge >= 0.3 is 0 Å². The molecule has 3 rings (SSSR count). The lowest BCUT2D eigenvalue weighted by Gasteiger charge is -2.15. The zero-order valence-electron chi connectivity index (χ0n) is 12.6. The number of benzene rings is 2. The molecular formula is C18H21NO2. The number of fused-ring (bicyclic) bond motifs is 1. The Kier molecular flexibility index (Phi) is 4.11. The van der Waals surface area contributed by atoms with Gasteiger partial charge in [-0.05, 0) is 41.7 Å². The third kappa shape index (κ3) is 3.03. The molecule has 1 aliphatic rings. The zero-order valence-corrected chi connectivity index (χ0v) is 12.6. The van der Waals surface area contributed by atoms with Crippen molar-refractivity contribution in [2.45, 2.75) is 25.4 Å². The highest BCUT2D eigenvalue weighted by Gasteiger charge is 2.21. The van der Waals surface area contributed by atoms with E-state index in [2.05, 4.69) is 41.7 Å². The van der Waals surface area contributed by atoms with E-state index in [9.17, 15) is 0 Å². The molecule has 1 aliphatic carbocycles. The van der Waals surface area contributed by atoms with Gasteiger partial charge < -0.3 is 14.8 Å². The summed E-state index contributed by atoms with van der Waals surface area (Å²) in [5, 5.41) is 3.65. The summed E-state index contributed by atoms with van der Waals surface area (Å²) in [7, 11) is 3.36. The van der Waals surface area contributed by atoms with Gasteiger partial charge in [-0.1, -0.05) is 24.3 Å². The number of hydrogen-bond acceptors (Lipinski definition) is 3. The smallest absolute Gasteiger partial charge is 0.122 e. The van der Waals surface area contributed by atoms with Gasteiger partial charge in [0.15, 0.2) is 0 Å². The van der Waals surface area contributed by atoms with E-state index in [0.717, 1.165) is 24.5 Å². The van der Waals surface area contributed by atoms with Crippen molar-refractivity contribution in [3.05, 3.63) is 59.2 Å². The first kappa shape index (κ1) is 14.0. The average Bonchev–Trinajstić information content (AvgIpc) is 2.95. The van der Waals surface area contributed by atoms with Gasteiger partial charge in [0.1, 0.15) is 11.5 Å². The monoisotopic (exact) mass is 283 g/mol. The Bertz CT molecular complexity index is 602. The van der Waals surface area contributed by atoms with Gasteiger partial charge in [-0.15, -0.1) is 0 Å². The van der Waals surface area contributed by atoms with Gasteiger partial charge in [0, 0.05) is 18.7 Å². The summed E-state index contributed by atoms with van der Waals surface area (Å²) in [6.07, 6.45) is 2.33. The van der Waals surface area contributed by atoms with Crippen LogP contribution in [0.2, 0.25) is 0 Å². The molecule has 0 bridgehead atoms. The molecule has 1 atom stereocenters. The minimum Gasteiger partial charge on any atom is -0.497 e. The molecular weight excluding hydrogens is 262 g/mol. The van der Waals surface area contributed by atoms with Crippen LogP contribution in [0.4, 0.5) is 0 Å². The fraction of sp³-hybridized carbons (Fsp3) is 0.333. The molecule has 0 fully saturated rings. The number of hydrogen-bond donors (Lipinski definition) is 1. The lowest BCUT2D eigenvalue weighted by molar-refractivity contribution is 0.392. The quantitative estimate of drug-likeness (QED) is 0.911. The molecule has 3 nitrogen and oxygen atoms in total. The van der Waals surface area contributed by atoms with Crippen LogP contribution in [0.1, 0.15) is 29.2 Å². The van der Waals surface area contributed by atoms with Crippen molar-refractivity contribution in [3.8, 4) is 11.5 Å². The van der Waals surface area contributed by atoms with Crippen LogP contribution in [0, 0.1) is 0 Å². The predicted molar refractivity (Wildman–Crippen MR) is 83.9 cm³/mol. The van der Waals surface area contributed by atoms with Crippen LogP contribution < -0.4 is 14.8 Å². The topological polar surface area (TPSA) is 30.5 Å². The van der Waals surface area contributed by atoms with E-state index in [-0.39, 0.29) is 0 Å². The second-order valence-electron chi connectivity index (χ2n) is 5.39. The lowest BCUT2D eigenvalue weighted by atomic mass is 10.1. The van der Waals surface area contributed by atoms with Gasteiger partial charge in [-0.25, -0.2) is 0 Å². The molecule has 2 aromatic rings. The van der Waals surface area contributed by atoms with Crippen molar-refractivity contribution >= 4 is 0 Å². The molecule has 0 heterocycles. The average molecular weight is 283 g/mol. The molecule has 1 N–H and O–H groups in total. The van der Waals surface area contributed by atoms with Crippen LogP contribution in [0.5, 0.6) is 11.5 Å². The van der Waals surface area contributed by atoms with Crippen LogP contribution in [0.3, 0.4) is 0 Å². The molecule has 1 unspecified atom stereocenters. The Morgan fingerprint density at radius 1 is 1.05 bits per heavy atom. The molecule has 0 radical (unpaired) electrons. The highest BCUT2D eigenvalue weighted by atomic mass is 16.5. The standard InChI is InChI=1S/C18H21NO2/c1-20-15-9-13(10-16(11-15)21-2)12-19-18-8-7-14-5-3-4-6-17(14)18/h3-6,9-11,18-19H,7-8,12H2,1-2H3. The molecule has 21 heavy (non-hydrogen) atoms. The van der Waals surface area contributed by atoms with Crippen molar-refractivity contribution in [1.82, 2.24) is 5.32 Å². The van der Waals surface area contributed by atoms with Gasteiger partial charge in [-0.3, -0.25) is 0 Å². The molecule has 0 aromatic heterocycles. The van der Waals surface area contributed by atoms with Crippen LogP contribution in [0.25, 0.3) is 0 Å². The Morgan fingerprint density at radius 2 is 1.76 bits per heavy atom. The number of ether oxygens (including phenoxy) is 2. The Morgan fingerprint density at radius 3 is 2.48 bits per heavy atom. The maximum absolute atomic E-state index is 5.32. The Hall–Kier alpha value is -2.00. The number of aryl methyl sites for hydroxylation is 1. The molecule has 0 amide bonds. The van der Waals surface area contributed by atoms with Crippen molar-refractivity contribution < 1.29 is 9.47 Å². The first-order valence-corrected chi connectivity index (χ1v) is 7.33.